The van der Waals surface area contributed by atoms with Crippen molar-refractivity contribution in [3.05, 3.63) is 71.7 Å². The van der Waals surface area contributed by atoms with Crippen molar-refractivity contribution in [1.29, 1.82) is 0 Å². The fraction of sp³-hybridized carbons (Fsp3) is 0.238. The Hall–Kier alpha value is -2.40. The molecule has 0 aliphatic rings. The molecule has 0 bridgehead atoms. The third-order valence-electron chi connectivity index (χ3n) is 4.34. The average Bonchev–Trinajstić information content (AvgIpc) is 3.17. The van der Waals surface area contributed by atoms with Crippen LogP contribution in [0.15, 0.2) is 69.0 Å². The van der Waals surface area contributed by atoms with Crippen molar-refractivity contribution in [1.82, 2.24) is 15.6 Å². The van der Waals surface area contributed by atoms with Gasteiger partial charge < -0.3 is 15.1 Å². The summed E-state index contributed by atoms with van der Waals surface area (Å²) >= 11 is 0. The fourth-order valence-electron chi connectivity index (χ4n) is 2.93. The minimum absolute atomic E-state index is 0. The summed E-state index contributed by atoms with van der Waals surface area (Å²) in [5, 5.41) is 6.36. The summed E-state index contributed by atoms with van der Waals surface area (Å²) in [6.45, 7) is 2.68. The molecule has 1 aromatic heterocycles. The van der Waals surface area contributed by atoms with Crippen LogP contribution in [-0.4, -0.2) is 32.7 Å². The lowest BCUT2D eigenvalue weighted by Crippen LogP contribution is -2.36. The molecule has 1 heterocycles. The largest absolute Gasteiger partial charge is 0.439 e. The van der Waals surface area contributed by atoms with Crippen LogP contribution in [0.25, 0.3) is 11.3 Å². The monoisotopic (exact) mass is 540 g/mol. The van der Waals surface area contributed by atoms with Gasteiger partial charge in [-0.2, -0.15) is 0 Å². The first-order chi connectivity index (χ1) is 13.9. The second-order valence-corrected chi connectivity index (χ2v) is 8.62. The van der Waals surface area contributed by atoms with Crippen LogP contribution in [0.2, 0.25) is 0 Å². The van der Waals surface area contributed by atoms with Crippen LogP contribution in [0.1, 0.15) is 17.0 Å². The molecule has 7 nitrogen and oxygen atoms in total. The molecule has 0 spiro atoms. The molecule has 160 valence electrons. The molecule has 2 aromatic carbocycles. The maximum atomic E-state index is 11.7. The Labute approximate surface area is 194 Å². The molecule has 0 aliphatic heterocycles. The standard InChI is InChI=1S/C21H24N4O3S.HI/c1-15-11-16(9-10-19(15)29(3,26)27)12-24-21(22-2)25-14-20-23-13-18(28-20)17-7-5-4-6-8-17;/h4-11,13H,12,14H2,1-3H3,(H2,22,24,25);1H. The van der Waals surface area contributed by atoms with E-state index in [0.29, 0.717) is 35.6 Å². The van der Waals surface area contributed by atoms with E-state index >= 15 is 0 Å². The first-order valence-corrected chi connectivity index (χ1v) is 11.0. The van der Waals surface area contributed by atoms with Crippen LogP contribution in [-0.2, 0) is 22.9 Å². The Kier molecular flexibility index (Phi) is 8.42. The summed E-state index contributed by atoms with van der Waals surface area (Å²) in [6.07, 6.45) is 2.92. The van der Waals surface area contributed by atoms with Crippen molar-refractivity contribution in [3.8, 4) is 11.3 Å². The Morgan fingerprint density at radius 3 is 2.43 bits per heavy atom. The molecule has 30 heavy (non-hydrogen) atoms. The van der Waals surface area contributed by atoms with Crippen molar-refractivity contribution < 1.29 is 12.8 Å². The molecule has 3 aromatic rings. The Balaban J connectivity index is 0.00000320. The van der Waals surface area contributed by atoms with Crippen LogP contribution < -0.4 is 10.6 Å². The van der Waals surface area contributed by atoms with E-state index in [1.165, 1.54) is 6.26 Å². The molecule has 0 amide bonds. The first-order valence-electron chi connectivity index (χ1n) is 9.11. The van der Waals surface area contributed by atoms with Crippen LogP contribution in [0.3, 0.4) is 0 Å². The lowest BCUT2D eigenvalue weighted by atomic mass is 10.1. The number of nitrogens with zero attached hydrogens (tertiary/aromatic N) is 2. The summed E-state index contributed by atoms with van der Waals surface area (Å²) in [4.78, 5) is 8.83. The van der Waals surface area contributed by atoms with E-state index in [2.05, 4.69) is 20.6 Å². The SMILES string of the molecule is CN=C(NCc1ccc(S(C)(=O)=O)c(C)c1)NCc1ncc(-c2ccccc2)o1.I. The van der Waals surface area contributed by atoms with Crippen molar-refractivity contribution in [2.45, 2.75) is 24.9 Å². The molecule has 0 saturated carbocycles. The number of aromatic nitrogens is 1. The van der Waals surface area contributed by atoms with Crippen molar-refractivity contribution in [2.24, 2.45) is 4.99 Å². The molecular formula is C21H25IN4O3S. The number of aliphatic imine (C=N–C) groups is 1. The van der Waals surface area contributed by atoms with Crippen LogP contribution in [0, 0.1) is 6.92 Å². The molecule has 2 N–H and O–H groups in total. The minimum Gasteiger partial charge on any atom is -0.439 e. The van der Waals surface area contributed by atoms with E-state index in [4.69, 9.17) is 4.42 Å². The summed E-state index contributed by atoms with van der Waals surface area (Å²) < 4.78 is 29.2. The number of nitrogens with one attached hydrogen (secondary N) is 2. The van der Waals surface area contributed by atoms with Crippen molar-refractivity contribution >= 4 is 39.8 Å². The first kappa shape index (κ1) is 23.9. The Morgan fingerprint density at radius 1 is 1.10 bits per heavy atom. The molecule has 9 heteroatoms. The predicted octanol–water partition coefficient (Wildman–Crippen LogP) is 3.54. The molecule has 3 rings (SSSR count). The zero-order chi connectivity index (χ0) is 20.9. The van der Waals surface area contributed by atoms with Gasteiger partial charge in [0.1, 0.15) is 0 Å². The highest BCUT2D eigenvalue weighted by Gasteiger charge is 2.11. The van der Waals surface area contributed by atoms with Gasteiger partial charge in [-0.05, 0) is 24.1 Å². The minimum atomic E-state index is -3.22. The zero-order valence-corrected chi connectivity index (χ0v) is 20.2. The van der Waals surface area contributed by atoms with Gasteiger partial charge in [-0.15, -0.1) is 24.0 Å². The number of halogens is 1. The van der Waals surface area contributed by atoms with E-state index in [9.17, 15) is 8.42 Å². The normalized spacial score (nSPS) is 11.6. The van der Waals surface area contributed by atoms with Crippen LogP contribution in [0.5, 0.6) is 0 Å². The van der Waals surface area contributed by atoms with E-state index < -0.39 is 9.84 Å². The zero-order valence-electron chi connectivity index (χ0n) is 17.0. The number of guanidine groups is 1. The van der Waals surface area contributed by atoms with Gasteiger partial charge in [0.15, 0.2) is 21.6 Å². The average molecular weight is 540 g/mol. The third kappa shape index (κ3) is 6.30. The van der Waals surface area contributed by atoms with Crippen molar-refractivity contribution in [2.75, 3.05) is 13.3 Å². The third-order valence-corrected chi connectivity index (χ3v) is 5.60. The van der Waals surface area contributed by atoms with Gasteiger partial charge in [0, 0.05) is 25.4 Å². The smallest absolute Gasteiger partial charge is 0.214 e. The molecule has 0 saturated heterocycles. The predicted molar refractivity (Wildman–Crippen MR) is 129 cm³/mol. The number of rotatable bonds is 6. The summed E-state index contributed by atoms with van der Waals surface area (Å²) in [6, 6.07) is 15.1. The number of sulfone groups is 1. The molecule has 0 unspecified atom stereocenters. The number of hydrogen-bond donors (Lipinski definition) is 2. The van der Waals surface area contributed by atoms with E-state index in [1.807, 2.05) is 36.4 Å². The van der Waals surface area contributed by atoms with Crippen molar-refractivity contribution in [3.63, 3.8) is 0 Å². The van der Waals surface area contributed by atoms with Gasteiger partial charge in [0.05, 0.1) is 17.6 Å². The number of aryl methyl sites for hydroxylation is 1. The Morgan fingerprint density at radius 2 is 1.80 bits per heavy atom. The second kappa shape index (κ2) is 10.6. The van der Waals surface area contributed by atoms with Crippen LogP contribution in [0.4, 0.5) is 0 Å². The number of oxazole rings is 1. The lowest BCUT2D eigenvalue weighted by Gasteiger charge is -2.12. The molecule has 0 radical (unpaired) electrons. The molecule has 0 aliphatic carbocycles. The van der Waals surface area contributed by atoms with Gasteiger partial charge >= 0.3 is 0 Å². The number of benzene rings is 2. The summed E-state index contributed by atoms with van der Waals surface area (Å²) in [5.41, 5.74) is 2.66. The lowest BCUT2D eigenvalue weighted by molar-refractivity contribution is 0.497. The molecule has 0 fully saturated rings. The van der Waals surface area contributed by atoms with Gasteiger partial charge in [-0.3, -0.25) is 4.99 Å². The summed E-state index contributed by atoms with van der Waals surface area (Å²) in [7, 11) is -1.54. The van der Waals surface area contributed by atoms with E-state index in [1.54, 1.807) is 32.3 Å². The highest BCUT2D eigenvalue weighted by molar-refractivity contribution is 14.0. The van der Waals surface area contributed by atoms with E-state index in [-0.39, 0.29) is 24.0 Å². The highest BCUT2D eigenvalue weighted by atomic mass is 127. The molecular weight excluding hydrogens is 515 g/mol. The van der Waals surface area contributed by atoms with Gasteiger partial charge in [0.2, 0.25) is 5.89 Å². The van der Waals surface area contributed by atoms with Crippen LogP contribution >= 0.6 is 24.0 Å². The topological polar surface area (TPSA) is 96.6 Å². The Bertz CT molecular complexity index is 1110. The fourth-order valence-corrected chi connectivity index (χ4v) is 3.89. The summed E-state index contributed by atoms with van der Waals surface area (Å²) in [5.74, 6) is 1.86. The molecule has 0 atom stereocenters. The maximum absolute atomic E-state index is 11.7. The van der Waals surface area contributed by atoms with Gasteiger partial charge in [0.25, 0.3) is 0 Å². The van der Waals surface area contributed by atoms with Gasteiger partial charge in [-0.25, -0.2) is 13.4 Å². The van der Waals surface area contributed by atoms with Gasteiger partial charge in [-0.1, -0.05) is 42.5 Å². The quantitative estimate of drug-likeness (QED) is 0.282. The maximum Gasteiger partial charge on any atom is 0.214 e. The van der Waals surface area contributed by atoms with E-state index in [0.717, 1.165) is 16.7 Å². The number of hydrogen-bond acceptors (Lipinski definition) is 5. The highest BCUT2D eigenvalue weighted by Crippen LogP contribution is 2.19. The second-order valence-electron chi connectivity index (χ2n) is 6.64.